The summed E-state index contributed by atoms with van der Waals surface area (Å²) in [5.74, 6) is 0. The summed E-state index contributed by atoms with van der Waals surface area (Å²) < 4.78 is 0. The average Bonchev–Trinajstić information content (AvgIpc) is 2.29. The van der Waals surface area contributed by atoms with Gasteiger partial charge in [0, 0.05) is 6.07 Å². The second kappa shape index (κ2) is 4.41. The van der Waals surface area contributed by atoms with Gasteiger partial charge in [0.05, 0.1) is 6.20 Å². The van der Waals surface area contributed by atoms with Crippen LogP contribution in [0.25, 0.3) is 0 Å². The van der Waals surface area contributed by atoms with E-state index in [9.17, 15) is 4.79 Å². The van der Waals surface area contributed by atoms with Crippen LogP contribution < -0.4 is 10.4 Å². The van der Waals surface area contributed by atoms with Crippen molar-refractivity contribution in [1.29, 1.82) is 0 Å². The molecule has 0 N–H and O–H groups in total. The Hall–Kier alpha value is -2.10. The summed E-state index contributed by atoms with van der Waals surface area (Å²) in [7, 11) is 0. The summed E-state index contributed by atoms with van der Waals surface area (Å²) in [5.41, 5.74) is 0.725. The average molecular weight is 202 g/mol. The normalized spacial score (nSPS) is 9.87. The molecule has 1 heterocycles. The van der Waals surface area contributed by atoms with Gasteiger partial charge in [0.15, 0.2) is 0 Å². The van der Waals surface area contributed by atoms with Crippen LogP contribution in [0.4, 0.5) is 0 Å². The number of hydrogen-bond acceptors (Lipinski definition) is 3. The Morgan fingerprint density at radius 1 is 1.13 bits per heavy atom. The molecule has 0 atom stereocenters. The maximum absolute atomic E-state index is 11.2. The van der Waals surface area contributed by atoms with Gasteiger partial charge < -0.3 is 4.84 Å². The first-order valence-corrected chi connectivity index (χ1v) is 4.58. The topological polar surface area (TPSA) is 44.1 Å². The van der Waals surface area contributed by atoms with E-state index in [2.05, 4.69) is 5.10 Å². The first kappa shape index (κ1) is 9.45. The molecule has 0 aliphatic heterocycles. The van der Waals surface area contributed by atoms with Gasteiger partial charge in [-0.3, -0.25) is 4.79 Å². The Labute approximate surface area is 86.7 Å². The van der Waals surface area contributed by atoms with Crippen LogP contribution in [0.3, 0.4) is 0 Å². The summed E-state index contributed by atoms with van der Waals surface area (Å²) in [6.07, 6.45) is 1.51. The van der Waals surface area contributed by atoms with E-state index in [1.165, 1.54) is 12.3 Å². The predicted molar refractivity (Wildman–Crippen MR) is 55.2 cm³/mol. The maximum Gasteiger partial charge on any atom is 0.303 e. The van der Waals surface area contributed by atoms with E-state index in [0.717, 1.165) is 10.4 Å². The van der Waals surface area contributed by atoms with E-state index < -0.39 is 0 Å². The molecule has 2 rings (SSSR count). The third kappa shape index (κ3) is 2.43. The molecule has 0 fully saturated rings. The van der Waals surface area contributed by atoms with Crippen LogP contribution in [-0.2, 0) is 6.61 Å². The van der Waals surface area contributed by atoms with Gasteiger partial charge in [-0.05, 0) is 11.6 Å². The summed E-state index contributed by atoms with van der Waals surface area (Å²) in [4.78, 5) is 17.4. The van der Waals surface area contributed by atoms with Crippen molar-refractivity contribution in [3.05, 3.63) is 64.6 Å². The molecule has 4 heteroatoms. The van der Waals surface area contributed by atoms with Crippen LogP contribution in [0.2, 0.25) is 0 Å². The first-order valence-electron chi connectivity index (χ1n) is 4.58. The highest BCUT2D eigenvalue weighted by atomic mass is 16.7. The molecule has 1 aromatic carbocycles. The van der Waals surface area contributed by atoms with E-state index in [1.54, 1.807) is 6.07 Å². The summed E-state index contributed by atoms with van der Waals surface area (Å²) in [6, 6.07) is 12.6. The van der Waals surface area contributed by atoms with Crippen molar-refractivity contribution in [3.63, 3.8) is 0 Å². The highest BCUT2D eigenvalue weighted by Crippen LogP contribution is 1.97. The van der Waals surface area contributed by atoms with Crippen LogP contribution >= 0.6 is 0 Å². The molecule has 0 unspecified atom stereocenters. The third-order valence-corrected chi connectivity index (χ3v) is 1.88. The minimum Gasteiger partial charge on any atom is -0.389 e. The standard InChI is InChI=1S/C11H10N2O2/c14-11-7-4-8-12-13(11)15-9-10-5-2-1-3-6-10/h1-8H,9H2. The largest absolute Gasteiger partial charge is 0.389 e. The van der Waals surface area contributed by atoms with Crippen LogP contribution in [0.1, 0.15) is 5.56 Å². The molecule has 0 spiro atoms. The van der Waals surface area contributed by atoms with Crippen molar-refractivity contribution >= 4 is 0 Å². The van der Waals surface area contributed by atoms with Crippen molar-refractivity contribution < 1.29 is 4.84 Å². The summed E-state index contributed by atoms with van der Waals surface area (Å²) in [6.45, 7) is 0.331. The zero-order chi connectivity index (χ0) is 10.5. The fourth-order valence-electron chi connectivity index (χ4n) is 1.15. The third-order valence-electron chi connectivity index (χ3n) is 1.88. The van der Waals surface area contributed by atoms with E-state index >= 15 is 0 Å². The van der Waals surface area contributed by atoms with Gasteiger partial charge in [0.25, 0.3) is 0 Å². The van der Waals surface area contributed by atoms with Crippen molar-refractivity contribution in [3.8, 4) is 0 Å². The SMILES string of the molecule is O=c1cccnn1OCc1ccccc1. The molecule has 1 aromatic heterocycles. The fourth-order valence-corrected chi connectivity index (χ4v) is 1.15. The highest BCUT2D eigenvalue weighted by molar-refractivity contribution is 5.13. The quantitative estimate of drug-likeness (QED) is 0.741. The van der Waals surface area contributed by atoms with Crippen molar-refractivity contribution in [1.82, 2.24) is 9.94 Å². The number of hydrogen-bond donors (Lipinski definition) is 0. The first-order chi connectivity index (χ1) is 7.36. The lowest BCUT2D eigenvalue weighted by Gasteiger charge is -2.05. The lowest BCUT2D eigenvalue weighted by Crippen LogP contribution is -2.27. The molecule has 0 amide bonds. The van der Waals surface area contributed by atoms with Gasteiger partial charge >= 0.3 is 5.56 Å². The van der Waals surface area contributed by atoms with Crippen LogP contribution in [0.15, 0.2) is 53.5 Å². The zero-order valence-electron chi connectivity index (χ0n) is 8.04. The molecular weight excluding hydrogens is 192 g/mol. The number of benzene rings is 1. The summed E-state index contributed by atoms with van der Waals surface area (Å²) in [5, 5.41) is 3.78. The number of nitrogens with zero attached hydrogens (tertiary/aromatic N) is 2. The Morgan fingerprint density at radius 3 is 2.67 bits per heavy atom. The fraction of sp³-hybridized carbons (Fsp3) is 0.0909. The Bertz CT molecular complexity index is 479. The number of aromatic nitrogens is 2. The molecular formula is C11H10N2O2. The molecule has 76 valence electrons. The van der Waals surface area contributed by atoms with Crippen molar-refractivity contribution in [2.24, 2.45) is 0 Å². The number of rotatable bonds is 3. The molecule has 0 aliphatic carbocycles. The van der Waals surface area contributed by atoms with Gasteiger partial charge in [0.2, 0.25) is 0 Å². The lowest BCUT2D eigenvalue weighted by atomic mass is 10.2. The van der Waals surface area contributed by atoms with Crippen LogP contribution in [0.5, 0.6) is 0 Å². The molecule has 0 bridgehead atoms. The zero-order valence-corrected chi connectivity index (χ0v) is 8.04. The van der Waals surface area contributed by atoms with Crippen molar-refractivity contribution in [2.45, 2.75) is 6.61 Å². The van der Waals surface area contributed by atoms with Crippen molar-refractivity contribution in [2.75, 3.05) is 0 Å². The minimum absolute atomic E-state index is 0.270. The summed E-state index contributed by atoms with van der Waals surface area (Å²) >= 11 is 0. The smallest absolute Gasteiger partial charge is 0.303 e. The molecule has 0 aliphatic rings. The Balaban J connectivity index is 2.06. The molecule has 0 saturated heterocycles. The van der Waals surface area contributed by atoms with E-state index in [0.29, 0.717) is 6.61 Å². The van der Waals surface area contributed by atoms with Crippen LogP contribution in [-0.4, -0.2) is 9.94 Å². The Morgan fingerprint density at radius 2 is 1.93 bits per heavy atom. The maximum atomic E-state index is 11.2. The van der Waals surface area contributed by atoms with Gasteiger partial charge in [-0.15, -0.1) is 5.10 Å². The van der Waals surface area contributed by atoms with Gasteiger partial charge in [-0.2, -0.15) is 0 Å². The second-order valence-electron chi connectivity index (χ2n) is 2.99. The molecule has 0 radical (unpaired) electrons. The highest BCUT2D eigenvalue weighted by Gasteiger charge is 1.96. The molecule has 15 heavy (non-hydrogen) atoms. The lowest BCUT2D eigenvalue weighted by molar-refractivity contribution is 0.0594. The molecule has 4 nitrogen and oxygen atoms in total. The van der Waals surface area contributed by atoms with Gasteiger partial charge in [-0.25, -0.2) is 0 Å². The van der Waals surface area contributed by atoms with E-state index in [-0.39, 0.29) is 5.56 Å². The van der Waals surface area contributed by atoms with Crippen LogP contribution in [0, 0.1) is 0 Å². The van der Waals surface area contributed by atoms with Gasteiger partial charge in [0.1, 0.15) is 6.61 Å². The van der Waals surface area contributed by atoms with Gasteiger partial charge in [-0.1, -0.05) is 35.2 Å². The monoisotopic (exact) mass is 202 g/mol. The second-order valence-corrected chi connectivity index (χ2v) is 2.99. The predicted octanol–water partition coefficient (Wildman–Crippen LogP) is 0.872. The molecule has 2 aromatic rings. The molecule has 0 saturated carbocycles. The minimum atomic E-state index is -0.270. The Kier molecular flexibility index (Phi) is 2.78. The van der Waals surface area contributed by atoms with E-state index in [1.807, 2.05) is 30.3 Å². The van der Waals surface area contributed by atoms with E-state index in [4.69, 9.17) is 4.84 Å².